The van der Waals surface area contributed by atoms with Crippen LogP contribution in [0, 0.1) is 0 Å². The van der Waals surface area contributed by atoms with Gasteiger partial charge in [-0.15, -0.1) is 10.2 Å². The Morgan fingerprint density at radius 2 is 1.81 bits per heavy atom. The smallest absolute Gasteiger partial charge is 0.200 e. The summed E-state index contributed by atoms with van der Waals surface area (Å²) in [6, 6.07) is 21.4. The van der Waals surface area contributed by atoms with Gasteiger partial charge in [-0.05, 0) is 42.3 Å². The molecule has 0 saturated heterocycles. The molecule has 0 atom stereocenters. The molecule has 0 aliphatic heterocycles. The van der Waals surface area contributed by atoms with Gasteiger partial charge >= 0.3 is 0 Å². The van der Waals surface area contributed by atoms with Gasteiger partial charge < -0.3 is 9.15 Å². The molecule has 0 saturated carbocycles. The minimum absolute atomic E-state index is 0.133. The lowest BCUT2D eigenvalue weighted by molar-refractivity contribution is -0.116. The highest BCUT2D eigenvalue weighted by Gasteiger charge is 2.16. The molecule has 6 nitrogen and oxygen atoms in total. The highest BCUT2D eigenvalue weighted by molar-refractivity contribution is 7.99. The molecule has 4 aromatic rings. The summed E-state index contributed by atoms with van der Waals surface area (Å²) in [6.07, 6.45) is 1.98. The number of carbonyl (C=O) groups excluding carboxylic acids is 1. The van der Waals surface area contributed by atoms with E-state index in [0.29, 0.717) is 42.1 Å². The van der Waals surface area contributed by atoms with Crippen molar-refractivity contribution in [3.05, 3.63) is 84.1 Å². The van der Waals surface area contributed by atoms with E-state index in [1.54, 1.807) is 6.26 Å². The number of thioether (sulfide) groups is 1. The van der Waals surface area contributed by atoms with Crippen molar-refractivity contribution in [3.63, 3.8) is 0 Å². The Labute approximate surface area is 185 Å². The number of furan rings is 1. The molecule has 7 heteroatoms. The van der Waals surface area contributed by atoms with Crippen molar-refractivity contribution in [2.24, 2.45) is 0 Å². The van der Waals surface area contributed by atoms with E-state index in [9.17, 15) is 4.79 Å². The quantitative estimate of drug-likeness (QED) is 0.326. The summed E-state index contributed by atoms with van der Waals surface area (Å²) in [6.45, 7) is 3.24. The van der Waals surface area contributed by atoms with E-state index in [0.717, 1.165) is 16.9 Å². The number of hydrogen-bond donors (Lipinski definition) is 0. The van der Waals surface area contributed by atoms with Crippen LogP contribution in [0.1, 0.15) is 18.1 Å². The molecule has 158 valence electrons. The molecule has 0 aliphatic rings. The first kappa shape index (κ1) is 20.9. The third kappa shape index (κ3) is 5.44. The first-order valence-electron chi connectivity index (χ1n) is 10.1. The molecule has 0 bridgehead atoms. The maximum atomic E-state index is 12.5. The number of nitrogens with zero attached hydrogens (tertiary/aromatic N) is 3. The van der Waals surface area contributed by atoms with Crippen molar-refractivity contribution in [1.29, 1.82) is 0 Å². The molecule has 31 heavy (non-hydrogen) atoms. The molecular weight excluding hydrogens is 410 g/mol. The Morgan fingerprint density at radius 1 is 1.00 bits per heavy atom. The van der Waals surface area contributed by atoms with E-state index in [-0.39, 0.29) is 5.78 Å². The molecule has 0 fully saturated rings. The maximum absolute atomic E-state index is 12.5. The average Bonchev–Trinajstić information content (AvgIpc) is 3.47. The van der Waals surface area contributed by atoms with E-state index in [1.807, 2.05) is 78.2 Å². The number of Topliss-reactive ketones (excluding diaryl/α,β-unsaturated/α-hetero) is 1. The zero-order valence-electron chi connectivity index (χ0n) is 17.2. The fourth-order valence-electron chi connectivity index (χ4n) is 3.14. The standard InChI is InChI=1S/C24H23N3O3S/c1-2-27-23(22-9-6-14-29-22)25-26-24(27)31-17-20(28)15-18-10-12-21(13-11-18)30-16-19-7-4-3-5-8-19/h3-14H,2,15-17H2,1H3. The van der Waals surface area contributed by atoms with E-state index >= 15 is 0 Å². The van der Waals surface area contributed by atoms with Crippen molar-refractivity contribution >= 4 is 17.5 Å². The highest BCUT2D eigenvalue weighted by Crippen LogP contribution is 2.24. The topological polar surface area (TPSA) is 70.2 Å². The SMILES string of the molecule is CCn1c(SCC(=O)Cc2ccc(OCc3ccccc3)cc2)nnc1-c1ccco1. The van der Waals surface area contributed by atoms with Crippen LogP contribution in [0.4, 0.5) is 0 Å². The van der Waals surface area contributed by atoms with E-state index in [1.165, 1.54) is 11.8 Å². The van der Waals surface area contributed by atoms with Crippen molar-refractivity contribution in [3.8, 4) is 17.3 Å². The van der Waals surface area contributed by atoms with Gasteiger partial charge in [0, 0.05) is 13.0 Å². The van der Waals surface area contributed by atoms with Crippen LogP contribution in [0.25, 0.3) is 11.6 Å². The van der Waals surface area contributed by atoms with E-state index in [2.05, 4.69) is 10.2 Å². The Kier molecular flexibility index (Phi) is 6.84. The van der Waals surface area contributed by atoms with Crippen LogP contribution in [0.2, 0.25) is 0 Å². The Bertz CT molecular complexity index is 1110. The van der Waals surface area contributed by atoms with Crippen LogP contribution in [-0.2, 0) is 24.4 Å². The summed E-state index contributed by atoms with van der Waals surface area (Å²) >= 11 is 1.40. The lowest BCUT2D eigenvalue weighted by atomic mass is 10.1. The molecule has 2 aromatic heterocycles. The van der Waals surface area contributed by atoms with Gasteiger partial charge in [0.25, 0.3) is 0 Å². The van der Waals surface area contributed by atoms with Crippen LogP contribution in [0.3, 0.4) is 0 Å². The van der Waals surface area contributed by atoms with Crippen molar-refractivity contribution in [2.45, 2.75) is 31.7 Å². The van der Waals surface area contributed by atoms with Crippen molar-refractivity contribution in [1.82, 2.24) is 14.8 Å². The number of ether oxygens (including phenoxy) is 1. The lowest BCUT2D eigenvalue weighted by Gasteiger charge is -2.08. The van der Waals surface area contributed by atoms with Gasteiger partial charge in [0.1, 0.15) is 18.1 Å². The third-order valence-corrected chi connectivity index (χ3v) is 5.74. The molecule has 0 N–H and O–H groups in total. The van der Waals surface area contributed by atoms with Gasteiger partial charge in [-0.1, -0.05) is 54.2 Å². The van der Waals surface area contributed by atoms with Crippen LogP contribution in [0.15, 0.2) is 82.6 Å². The summed E-state index contributed by atoms with van der Waals surface area (Å²) in [7, 11) is 0. The minimum Gasteiger partial charge on any atom is -0.489 e. The molecular formula is C24H23N3O3S. The number of carbonyl (C=O) groups is 1. The second-order valence-corrected chi connectivity index (χ2v) is 7.89. The largest absolute Gasteiger partial charge is 0.489 e. The molecule has 0 unspecified atom stereocenters. The van der Waals surface area contributed by atoms with Gasteiger partial charge in [-0.3, -0.25) is 9.36 Å². The molecule has 2 heterocycles. The Balaban J connectivity index is 1.29. The minimum atomic E-state index is 0.133. The second kappa shape index (κ2) is 10.1. The van der Waals surface area contributed by atoms with Crippen molar-refractivity contribution in [2.75, 3.05) is 5.75 Å². The lowest BCUT2D eigenvalue weighted by Crippen LogP contribution is -2.07. The van der Waals surface area contributed by atoms with Crippen molar-refractivity contribution < 1.29 is 13.9 Å². The van der Waals surface area contributed by atoms with Gasteiger partial charge in [0.2, 0.25) is 0 Å². The Morgan fingerprint density at radius 3 is 2.52 bits per heavy atom. The molecule has 0 spiro atoms. The Hall–Kier alpha value is -3.32. The molecule has 0 aliphatic carbocycles. The summed E-state index contributed by atoms with van der Waals surface area (Å²) in [5.74, 6) is 2.60. The fraction of sp³-hybridized carbons (Fsp3) is 0.208. The number of rotatable bonds is 10. The van der Waals surface area contributed by atoms with Crippen LogP contribution >= 0.6 is 11.8 Å². The number of benzene rings is 2. The first-order chi connectivity index (χ1) is 15.2. The number of hydrogen-bond acceptors (Lipinski definition) is 6. The number of aromatic nitrogens is 3. The van der Waals surface area contributed by atoms with Gasteiger partial charge in [-0.2, -0.15) is 0 Å². The highest BCUT2D eigenvalue weighted by atomic mass is 32.2. The zero-order valence-corrected chi connectivity index (χ0v) is 18.0. The van der Waals surface area contributed by atoms with E-state index in [4.69, 9.17) is 9.15 Å². The summed E-state index contributed by atoms with van der Waals surface area (Å²) < 4.78 is 13.2. The molecule has 0 amide bonds. The molecule has 0 radical (unpaired) electrons. The van der Waals surface area contributed by atoms with Gasteiger partial charge in [0.15, 0.2) is 16.7 Å². The van der Waals surface area contributed by atoms with Crippen LogP contribution < -0.4 is 4.74 Å². The van der Waals surface area contributed by atoms with Gasteiger partial charge in [-0.25, -0.2) is 0 Å². The summed E-state index contributed by atoms with van der Waals surface area (Å²) in [5, 5.41) is 9.15. The monoisotopic (exact) mass is 433 g/mol. The predicted octanol–water partition coefficient (Wildman–Crippen LogP) is 5.04. The summed E-state index contributed by atoms with van der Waals surface area (Å²) in [4.78, 5) is 12.5. The first-order valence-corrected chi connectivity index (χ1v) is 11.1. The van der Waals surface area contributed by atoms with Gasteiger partial charge in [0.05, 0.1) is 12.0 Å². The third-order valence-electron chi connectivity index (χ3n) is 4.71. The van der Waals surface area contributed by atoms with Crippen LogP contribution in [0.5, 0.6) is 5.75 Å². The number of ketones is 1. The van der Waals surface area contributed by atoms with E-state index < -0.39 is 0 Å². The second-order valence-electron chi connectivity index (χ2n) is 6.95. The summed E-state index contributed by atoms with van der Waals surface area (Å²) in [5.41, 5.74) is 2.08. The molecule has 4 rings (SSSR count). The average molecular weight is 434 g/mol. The predicted molar refractivity (Wildman–Crippen MR) is 120 cm³/mol. The zero-order chi connectivity index (χ0) is 21.5. The maximum Gasteiger partial charge on any atom is 0.200 e. The molecule has 2 aromatic carbocycles. The van der Waals surface area contributed by atoms with Crippen LogP contribution in [-0.4, -0.2) is 26.3 Å². The fourth-order valence-corrected chi connectivity index (χ4v) is 4.00. The normalized spacial score (nSPS) is 10.9.